The molecule has 0 saturated heterocycles. The number of rotatable bonds is 3. The molecule has 6 N–H and O–H groups in total. The summed E-state index contributed by atoms with van der Waals surface area (Å²) in [5.41, 5.74) is 2.00. The Morgan fingerprint density at radius 2 is 1.23 bits per heavy atom. The van der Waals surface area contributed by atoms with E-state index in [4.69, 9.17) is 4.74 Å². The van der Waals surface area contributed by atoms with E-state index in [1.54, 1.807) is 24.3 Å². The maximum Gasteiger partial charge on any atom is 0.174 e. The van der Waals surface area contributed by atoms with E-state index in [0.717, 1.165) is 17.7 Å². The molecule has 6 rings (SSSR count). The van der Waals surface area contributed by atoms with Crippen LogP contribution in [0.15, 0.2) is 60.7 Å². The van der Waals surface area contributed by atoms with Gasteiger partial charge in [0.25, 0.3) is 0 Å². The van der Waals surface area contributed by atoms with Gasteiger partial charge in [0.05, 0.1) is 12.0 Å². The van der Waals surface area contributed by atoms with Crippen molar-refractivity contribution in [1.82, 2.24) is 0 Å². The molecule has 1 heterocycles. The van der Waals surface area contributed by atoms with Crippen LogP contribution in [-0.2, 0) is 6.42 Å². The molecule has 0 bridgehead atoms. The highest BCUT2D eigenvalue weighted by Crippen LogP contribution is 2.49. The first kappa shape index (κ1) is 25.1. The summed E-state index contributed by atoms with van der Waals surface area (Å²) < 4.78 is 5.94. The molecule has 1 aliphatic heterocycles. The van der Waals surface area contributed by atoms with Crippen LogP contribution in [0, 0.1) is 0 Å². The average molecular weight is 541 g/mol. The van der Waals surface area contributed by atoms with E-state index >= 15 is 0 Å². The second-order valence-electron chi connectivity index (χ2n) is 10.1. The van der Waals surface area contributed by atoms with E-state index in [-0.39, 0.29) is 87.7 Å². The highest BCUT2D eigenvalue weighted by molar-refractivity contribution is 6.05. The van der Waals surface area contributed by atoms with Gasteiger partial charge < -0.3 is 35.4 Å². The Kier molecular flexibility index (Phi) is 5.80. The van der Waals surface area contributed by atoms with Crippen molar-refractivity contribution in [2.24, 2.45) is 0 Å². The van der Waals surface area contributed by atoms with Crippen LogP contribution in [0.2, 0.25) is 0 Å². The monoisotopic (exact) mass is 540 g/mol. The lowest BCUT2D eigenvalue weighted by Gasteiger charge is -2.29. The number of fused-ring (bicyclic) bond motifs is 2. The number of aromatic hydroxyl groups is 6. The highest BCUT2D eigenvalue weighted by atomic mass is 16.5. The number of hydrogen-bond acceptors (Lipinski definition) is 9. The van der Waals surface area contributed by atoms with Crippen LogP contribution in [-0.4, -0.2) is 42.2 Å². The molecule has 202 valence electrons. The smallest absolute Gasteiger partial charge is 0.174 e. The Hall–Kier alpha value is -5.18. The topological polar surface area (TPSA) is 165 Å². The minimum Gasteiger partial charge on any atom is -0.508 e. The molecule has 0 saturated carbocycles. The van der Waals surface area contributed by atoms with E-state index < -0.39 is 17.6 Å². The van der Waals surface area contributed by atoms with E-state index in [2.05, 4.69) is 0 Å². The summed E-state index contributed by atoms with van der Waals surface area (Å²) in [6.07, 6.45) is -0.589. The third kappa shape index (κ3) is 4.12. The first-order valence-corrected chi connectivity index (χ1v) is 12.6. The molecule has 40 heavy (non-hydrogen) atoms. The molecule has 1 unspecified atom stereocenters. The van der Waals surface area contributed by atoms with Crippen LogP contribution in [0.5, 0.6) is 40.2 Å². The van der Waals surface area contributed by atoms with Crippen molar-refractivity contribution in [2.45, 2.75) is 31.3 Å². The summed E-state index contributed by atoms with van der Waals surface area (Å²) in [6, 6.07) is 14.3. The second-order valence-corrected chi connectivity index (χ2v) is 10.1. The number of ketones is 2. The van der Waals surface area contributed by atoms with Gasteiger partial charge in [-0.1, -0.05) is 18.2 Å². The lowest BCUT2D eigenvalue weighted by Crippen LogP contribution is -2.21. The van der Waals surface area contributed by atoms with Gasteiger partial charge in [-0.05, 0) is 53.3 Å². The second kappa shape index (κ2) is 9.23. The molecular weight excluding hydrogens is 516 g/mol. The van der Waals surface area contributed by atoms with E-state index in [9.17, 15) is 40.2 Å². The van der Waals surface area contributed by atoms with Gasteiger partial charge in [-0.15, -0.1) is 0 Å². The van der Waals surface area contributed by atoms with Gasteiger partial charge in [-0.3, -0.25) is 9.59 Å². The van der Waals surface area contributed by atoms with E-state index in [1.807, 2.05) is 0 Å². The first-order valence-electron chi connectivity index (χ1n) is 12.6. The van der Waals surface area contributed by atoms with Crippen molar-refractivity contribution >= 4 is 11.6 Å². The number of ether oxygens (including phenoxy) is 1. The summed E-state index contributed by atoms with van der Waals surface area (Å²) in [4.78, 5) is 26.0. The van der Waals surface area contributed by atoms with Gasteiger partial charge in [0.15, 0.2) is 11.6 Å². The van der Waals surface area contributed by atoms with Gasteiger partial charge in [0.1, 0.15) is 51.9 Å². The molecule has 4 aromatic carbocycles. The Morgan fingerprint density at radius 3 is 1.98 bits per heavy atom. The number of benzene rings is 4. The Morgan fingerprint density at radius 1 is 0.575 bits per heavy atom. The molecule has 9 heteroatoms. The fourth-order valence-electron chi connectivity index (χ4n) is 5.72. The largest absolute Gasteiger partial charge is 0.508 e. The number of Topliss-reactive ketones (excluding diaryl/α,β-unsaturated/α-hetero) is 2. The summed E-state index contributed by atoms with van der Waals surface area (Å²) in [7, 11) is 0. The standard InChI is InChI=1S/C31H24O9/c32-17-4-1-14(2-5-17)16-8-20-29(24(37)12-25(38)30(20)22(35)9-16)19-7-15(3-6-21(19)34)27-13-26(39)31-23(36)10-18(33)11-28(31)40-27/h1-7,10-12,16,27,32-34,36-38H,8-9,13H2/t16-,27?/m0/s1. The summed E-state index contributed by atoms with van der Waals surface area (Å²) in [6.45, 7) is 0. The lowest BCUT2D eigenvalue weighted by molar-refractivity contribution is 0.0844. The van der Waals surface area contributed by atoms with Crippen molar-refractivity contribution < 1.29 is 45.0 Å². The fourth-order valence-corrected chi connectivity index (χ4v) is 5.72. The van der Waals surface area contributed by atoms with Gasteiger partial charge in [-0.25, -0.2) is 0 Å². The van der Waals surface area contributed by atoms with Crippen LogP contribution < -0.4 is 4.74 Å². The van der Waals surface area contributed by atoms with Crippen molar-refractivity contribution in [3.63, 3.8) is 0 Å². The van der Waals surface area contributed by atoms with Crippen molar-refractivity contribution in [3.05, 3.63) is 88.5 Å². The molecule has 9 nitrogen and oxygen atoms in total. The lowest BCUT2D eigenvalue weighted by atomic mass is 9.76. The molecule has 2 atom stereocenters. The SMILES string of the molecule is O=C1CC(c2ccc(O)c(-c3c(O)cc(O)c4c3C[C@H](c3ccc(O)cc3)CC4=O)c2)Oc2cc(O)cc(O)c21. The van der Waals surface area contributed by atoms with Crippen molar-refractivity contribution in [2.75, 3.05) is 0 Å². The van der Waals surface area contributed by atoms with Crippen molar-refractivity contribution in [3.8, 4) is 51.4 Å². The quantitative estimate of drug-likeness (QED) is 0.205. The van der Waals surface area contributed by atoms with Crippen LogP contribution in [0.4, 0.5) is 0 Å². The van der Waals surface area contributed by atoms with Gasteiger partial charge in [-0.2, -0.15) is 0 Å². The molecule has 1 aliphatic carbocycles. The van der Waals surface area contributed by atoms with Crippen LogP contribution >= 0.6 is 0 Å². The fraction of sp³-hybridized carbons (Fsp3) is 0.161. The minimum atomic E-state index is -0.831. The molecule has 0 fully saturated rings. The molecular formula is C31H24O9. The molecule has 4 aromatic rings. The maximum absolute atomic E-state index is 13.2. The third-order valence-electron chi connectivity index (χ3n) is 7.56. The van der Waals surface area contributed by atoms with E-state index in [0.29, 0.717) is 11.1 Å². The third-order valence-corrected chi connectivity index (χ3v) is 7.56. The molecule has 0 amide bonds. The maximum atomic E-state index is 13.2. The number of carbonyl (C=O) groups excluding carboxylic acids is 2. The predicted molar refractivity (Wildman–Crippen MR) is 142 cm³/mol. The first-order chi connectivity index (χ1) is 19.1. The minimum absolute atomic E-state index is 0.0144. The van der Waals surface area contributed by atoms with Crippen LogP contribution in [0.25, 0.3) is 11.1 Å². The van der Waals surface area contributed by atoms with Crippen LogP contribution in [0.3, 0.4) is 0 Å². The zero-order valence-electron chi connectivity index (χ0n) is 21.0. The van der Waals surface area contributed by atoms with Gasteiger partial charge >= 0.3 is 0 Å². The molecule has 2 aliphatic rings. The van der Waals surface area contributed by atoms with E-state index in [1.165, 1.54) is 24.3 Å². The average Bonchev–Trinajstić information content (AvgIpc) is 2.89. The zero-order chi connectivity index (χ0) is 28.3. The molecule has 0 radical (unpaired) electrons. The van der Waals surface area contributed by atoms with Crippen LogP contribution in [0.1, 0.15) is 62.3 Å². The Bertz CT molecular complexity index is 1710. The predicted octanol–water partition coefficient (Wildman–Crippen LogP) is 5.21. The number of phenolic OH excluding ortho intramolecular Hbond substituents is 6. The number of phenols is 6. The summed E-state index contributed by atoms with van der Waals surface area (Å²) >= 11 is 0. The van der Waals surface area contributed by atoms with Gasteiger partial charge in [0.2, 0.25) is 0 Å². The normalized spacial score (nSPS) is 18.1. The Labute approximate surface area is 227 Å². The highest BCUT2D eigenvalue weighted by Gasteiger charge is 2.35. The molecule has 0 spiro atoms. The summed E-state index contributed by atoms with van der Waals surface area (Å²) in [5, 5.41) is 62.1. The van der Waals surface area contributed by atoms with Crippen molar-refractivity contribution in [1.29, 1.82) is 0 Å². The summed E-state index contributed by atoms with van der Waals surface area (Å²) in [5.74, 6) is -2.51. The number of hydrogen-bond donors (Lipinski definition) is 6. The number of carbonyl (C=O) groups is 2. The zero-order valence-corrected chi connectivity index (χ0v) is 21.0. The Balaban J connectivity index is 1.45. The molecule has 0 aromatic heterocycles. The van der Waals surface area contributed by atoms with Gasteiger partial charge in [0, 0.05) is 35.7 Å².